The van der Waals surface area contributed by atoms with Gasteiger partial charge in [0.1, 0.15) is 0 Å². The topological polar surface area (TPSA) is 53.3 Å². The van der Waals surface area contributed by atoms with Crippen LogP contribution in [0.4, 0.5) is 5.69 Å². The maximum absolute atomic E-state index is 12.4. The van der Waals surface area contributed by atoms with E-state index >= 15 is 0 Å². The summed E-state index contributed by atoms with van der Waals surface area (Å²) in [5, 5.41) is 11.4. The first-order valence-electron chi connectivity index (χ1n) is 6.42. The molecule has 1 aliphatic heterocycles. The Bertz CT molecular complexity index is 714. The van der Waals surface area contributed by atoms with Crippen LogP contribution in [0.5, 0.6) is 0 Å². The third-order valence-electron chi connectivity index (χ3n) is 3.75. The van der Waals surface area contributed by atoms with Gasteiger partial charge in [-0.15, -0.1) is 0 Å². The fraction of sp³-hybridized carbons (Fsp3) is 0.250. The van der Waals surface area contributed by atoms with Crippen molar-refractivity contribution in [2.24, 2.45) is 5.41 Å². The van der Waals surface area contributed by atoms with E-state index in [0.29, 0.717) is 0 Å². The molecule has 1 heterocycles. The van der Waals surface area contributed by atoms with Crippen molar-refractivity contribution >= 4 is 22.4 Å². The maximum Gasteiger partial charge on any atom is 0.252 e. The molecule has 4 nitrogen and oxygen atoms in total. The summed E-state index contributed by atoms with van der Waals surface area (Å²) in [4.78, 5) is 14.0. The summed E-state index contributed by atoms with van der Waals surface area (Å²) in [5.74, 6) is -0.207. The smallest absolute Gasteiger partial charge is 0.252 e. The van der Waals surface area contributed by atoms with Crippen LogP contribution in [0.2, 0.25) is 0 Å². The van der Waals surface area contributed by atoms with E-state index in [4.69, 9.17) is 4.74 Å². The molecule has 0 N–H and O–H groups in total. The van der Waals surface area contributed by atoms with Crippen LogP contribution in [0.25, 0.3) is 10.8 Å². The predicted molar refractivity (Wildman–Crippen MR) is 76.2 cm³/mol. The van der Waals surface area contributed by atoms with Crippen molar-refractivity contribution < 1.29 is 9.53 Å². The van der Waals surface area contributed by atoms with E-state index in [1.165, 1.54) is 4.90 Å². The fourth-order valence-electron chi connectivity index (χ4n) is 2.37. The molecule has 0 radical (unpaired) electrons. The second-order valence-corrected chi connectivity index (χ2v) is 5.08. The Balaban J connectivity index is 1.94. The van der Waals surface area contributed by atoms with Gasteiger partial charge in [0.25, 0.3) is 5.91 Å². The Hall–Kier alpha value is -2.38. The minimum atomic E-state index is -1.01. The second-order valence-electron chi connectivity index (χ2n) is 5.08. The average molecular weight is 266 g/mol. The van der Waals surface area contributed by atoms with Crippen molar-refractivity contribution in [1.82, 2.24) is 0 Å². The van der Waals surface area contributed by atoms with Gasteiger partial charge in [-0.05, 0) is 22.9 Å². The lowest BCUT2D eigenvalue weighted by Gasteiger charge is -2.36. The number of amides is 1. The van der Waals surface area contributed by atoms with E-state index in [-0.39, 0.29) is 19.1 Å². The molecule has 100 valence electrons. The van der Waals surface area contributed by atoms with E-state index < -0.39 is 5.41 Å². The first-order chi connectivity index (χ1) is 9.66. The lowest BCUT2D eigenvalue weighted by atomic mass is 9.86. The minimum Gasteiger partial charge on any atom is -0.377 e. The largest absolute Gasteiger partial charge is 0.377 e. The highest BCUT2D eigenvalue weighted by Gasteiger charge is 2.48. The highest BCUT2D eigenvalue weighted by Crippen LogP contribution is 2.31. The molecule has 0 bridgehead atoms. The predicted octanol–water partition coefficient (Wildman–Crippen LogP) is 2.34. The molecule has 1 fully saturated rings. The quantitative estimate of drug-likeness (QED) is 0.838. The molecule has 0 aromatic heterocycles. The molecule has 1 amide bonds. The summed E-state index contributed by atoms with van der Waals surface area (Å²) in [5.41, 5.74) is -0.226. The zero-order valence-corrected chi connectivity index (χ0v) is 11.2. The lowest BCUT2D eigenvalue weighted by Crippen LogP contribution is -2.53. The van der Waals surface area contributed by atoms with E-state index in [2.05, 4.69) is 6.07 Å². The summed E-state index contributed by atoms with van der Waals surface area (Å²) in [6.45, 7) is 0.362. The zero-order chi connectivity index (χ0) is 14.2. The van der Waals surface area contributed by atoms with Gasteiger partial charge in [0, 0.05) is 12.7 Å². The first-order valence-corrected chi connectivity index (χ1v) is 6.42. The van der Waals surface area contributed by atoms with Crippen molar-refractivity contribution in [3.05, 3.63) is 42.5 Å². The van der Waals surface area contributed by atoms with Crippen LogP contribution in [0.15, 0.2) is 42.5 Å². The lowest BCUT2D eigenvalue weighted by molar-refractivity contribution is -0.146. The van der Waals surface area contributed by atoms with Gasteiger partial charge in [0.05, 0.1) is 19.3 Å². The van der Waals surface area contributed by atoms with Crippen LogP contribution in [0, 0.1) is 16.7 Å². The van der Waals surface area contributed by atoms with E-state index in [0.717, 1.165) is 16.5 Å². The summed E-state index contributed by atoms with van der Waals surface area (Å²) in [6.07, 6.45) is 0. The van der Waals surface area contributed by atoms with Crippen molar-refractivity contribution in [3.63, 3.8) is 0 Å². The van der Waals surface area contributed by atoms with Crippen LogP contribution >= 0.6 is 0 Å². The number of nitriles is 1. The van der Waals surface area contributed by atoms with E-state index in [1.54, 1.807) is 7.05 Å². The third-order valence-corrected chi connectivity index (χ3v) is 3.75. The van der Waals surface area contributed by atoms with Gasteiger partial charge in [0.2, 0.25) is 0 Å². The van der Waals surface area contributed by atoms with Crippen LogP contribution in [-0.4, -0.2) is 26.2 Å². The van der Waals surface area contributed by atoms with Gasteiger partial charge < -0.3 is 9.64 Å². The number of nitrogens with zero attached hydrogens (tertiary/aromatic N) is 2. The molecule has 20 heavy (non-hydrogen) atoms. The van der Waals surface area contributed by atoms with Crippen molar-refractivity contribution in [2.75, 3.05) is 25.2 Å². The number of anilines is 1. The molecule has 0 spiro atoms. The van der Waals surface area contributed by atoms with Gasteiger partial charge in [-0.2, -0.15) is 5.26 Å². The minimum absolute atomic E-state index is 0.181. The Labute approximate surface area is 117 Å². The number of ether oxygens (including phenoxy) is 1. The van der Waals surface area contributed by atoms with Crippen LogP contribution in [-0.2, 0) is 9.53 Å². The Morgan fingerprint density at radius 2 is 1.95 bits per heavy atom. The normalized spacial score (nSPS) is 16.2. The van der Waals surface area contributed by atoms with Crippen molar-refractivity contribution in [2.45, 2.75) is 0 Å². The molecule has 3 rings (SSSR count). The summed E-state index contributed by atoms with van der Waals surface area (Å²) >= 11 is 0. The van der Waals surface area contributed by atoms with Gasteiger partial charge in [-0.3, -0.25) is 4.79 Å². The van der Waals surface area contributed by atoms with Gasteiger partial charge in [-0.25, -0.2) is 0 Å². The van der Waals surface area contributed by atoms with Crippen molar-refractivity contribution in [3.8, 4) is 6.07 Å². The average Bonchev–Trinajstić information content (AvgIpc) is 2.45. The molecule has 0 unspecified atom stereocenters. The summed E-state index contributed by atoms with van der Waals surface area (Å²) in [6, 6.07) is 15.9. The van der Waals surface area contributed by atoms with Gasteiger partial charge >= 0.3 is 0 Å². The molecule has 0 saturated carbocycles. The molecular weight excluding hydrogens is 252 g/mol. The molecule has 1 saturated heterocycles. The third kappa shape index (κ3) is 1.84. The summed E-state index contributed by atoms with van der Waals surface area (Å²) in [7, 11) is 1.70. The summed E-state index contributed by atoms with van der Waals surface area (Å²) < 4.78 is 5.04. The molecule has 1 aliphatic rings. The van der Waals surface area contributed by atoms with Crippen LogP contribution in [0.3, 0.4) is 0 Å². The standard InChI is InChI=1S/C16H14N2O2/c1-18(15(19)16(9-17)10-20-11-16)14-7-6-12-4-2-3-5-13(12)8-14/h2-8H,10-11H2,1H3. The molecule has 2 aromatic rings. The number of rotatable bonds is 2. The Morgan fingerprint density at radius 1 is 1.25 bits per heavy atom. The molecule has 2 aromatic carbocycles. The first kappa shape index (κ1) is 12.6. The van der Waals surface area contributed by atoms with Crippen LogP contribution in [0.1, 0.15) is 0 Å². The number of hydrogen-bond acceptors (Lipinski definition) is 3. The highest BCUT2D eigenvalue weighted by molar-refractivity contribution is 6.01. The molecule has 0 atom stereocenters. The molecule has 0 aliphatic carbocycles. The molecule has 4 heteroatoms. The monoisotopic (exact) mass is 266 g/mol. The highest BCUT2D eigenvalue weighted by atomic mass is 16.5. The van der Waals surface area contributed by atoms with E-state index in [9.17, 15) is 10.1 Å². The van der Waals surface area contributed by atoms with E-state index in [1.807, 2.05) is 42.5 Å². The van der Waals surface area contributed by atoms with Gasteiger partial charge in [0.15, 0.2) is 5.41 Å². The van der Waals surface area contributed by atoms with Crippen molar-refractivity contribution in [1.29, 1.82) is 5.26 Å². The zero-order valence-electron chi connectivity index (χ0n) is 11.2. The Morgan fingerprint density at radius 3 is 2.55 bits per heavy atom. The second kappa shape index (κ2) is 4.62. The van der Waals surface area contributed by atoms with Gasteiger partial charge in [-0.1, -0.05) is 30.3 Å². The fourth-order valence-corrected chi connectivity index (χ4v) is 2.37. The van der Waals surface area contributed by atoms with Crippen LogP contribution < -0.4 is 4.90 Å². The number of benzene rings is 2. The number of fused-ring (bicyclic) bond motifs is 1. The Kier molecular flexibility index (Phi) is 2.92. The molecular formula is C16H14N2O2. The maximum atomic E-state index is 12.4. The SMILES string of the molecule is CN(C(=O)C1(C#N)COC1)c1ccc2ccccc2c1. The number of carbonyl (C=O) groups is 1. The number of hydrogen-bond donors (Lipinski definition) is 0. The number of carbonyl (C=O) groups excluding carboxylic acids is 1.